The lowest BCUT2D eigenvalue weighted by molar-refractivity contribution is 0.109. The molecule has 1 atom stereocenters. The normalized spacial score (nSPS) is 14.4. The van der Waals surface area contributed by atoms with E-state index < -0.39 is 6.10 Å². The van der Waals surface area contributed by atoms with Gasteiger partial charge < -0.3 is 19.8 Å². The molecule has 0 bridgehead atoms. The van der Waals surface area contributed by atoms with Gasteiger partial charge in [0.2, 0.25) is 0 Å². The van der Waals surface area contributed by atoms with Crippen LogP contribution < -0.4 is 9.64 Å². The highest BCUT2D eigenvalue weighted by atomic mass is 35.5. The van der Waals surface area contributed by atoms with Crippen molar-refractivity contribution in [3.05, 3.63) is 94.0 Å². The van der Waals surface area contributed by atoms with E-state index in [1.54, 1.807) is 30.3 Å². The Balaban J connectivity index is 0.000000420. The highest BCUT2D eigenvalue weighted by Crippen LogP contribution is 2.31. The summed E-state index contributed by atoms with van der Waals surface area (Å²) in [6, 6.07) is 24.2. The number of aliphatic hydroxyl groups excluding tert-OH is 2. The summed E-state index contributed by atoms with van der Waals surface area (Å²) < 4.78 is 5.39. The summed E-state index contributed by atoms with van der Waals surface area (Å²) in [6.07, 6.45) is -0.578. The van der Waals surface area contributed by atoms with Crippen LogP contribution in [-0.2, 0) is 0 Å². The van der Waals surface area contributed by atoms with Gasteiger partial charge in [-0.15, -0.1) is 0 Å². The topological polar surface area (TPSA) is 80.0 Å². The molecule has 184 valence electrons. The number of β-amino-alcohol motifs (C(OH)–C–C–N with tert-alkyl or cyclic N) is 1. The summed E-state index contributed by atoms with van der Waals surface area (Å²) in [7, 11) is 0. The third-order valence-corrected chi connectivity index (χ3v) is 6.14. The number of nitrogens with zero attached hydrogens (tertiary/aromatic N) is 3. The largest absolute Gasteiger partial charge is 0.491 e. The minimum atomic E-state index is -0.578. The van der Waals surface area contributed by atoms with Crippen LogP contribution in [0.2, 0.25) is 10.0 Å². The fourth-order valence-corrected chi connectivity index (χ4v) is 4.15. The Morgan fingerprint density at radius 2 is 1.63 bits per heavy atom. The van der Waals surface area contributed by atoms with Gasteiger partial charge >= 0.3 is 0 Å². The van der Waals surface area contributed by atoms with Crippen molar-refractivity contribution >= 4 is 28.9 Å². The summed E-state index contributed by atoms with van der Waals surface area (Å²) >= 11 is 11.9. The Morgan fingerprint density at radius 1 is 0.943 bits per heavy atom. The first-order valence-corrected chi connectivity index (χ1v) is 12.1. The highest BCUT2D eigenvalue weighted by Gasteiger charge is 2.21. The van der Waals surface area contributed by atoms with Gasteiger partial charge in [0.15, 0.2) is 0 Å². The van der Waals surface area contributed by atoms with Crippen molar-refractivity contribution in [3.63, 3.8) is 0 Å². The zero-order chi connectivity index (χ0) is 25.0. The van der Waals surface area contributed by atoms with Crippen LogP contribution in [0.3, 0.4) is 0 Å². The molecule has 3 aromatic rings. The second kappa shape index (κ2) is 13.9. The van der Waals surface area contributed by atoms with Crippen molar-refractivity contribution in [2.24, 2.45) is 0 Å². The second-order valence-electron chi connectivity index (χ2n) is 8.02. The standard InChI is InChI=1S/C21H24ClN3O3.C6H5Cl/c22-19-13-18(28-12-11-26)5-6-20(19)25-9-7-24(8-10-25)15-21(27)17-3-1-16(14-23)2-4-17;7-6-4-2-1-3-5-6/h1-6,13,21,26-27H,7-12,15H2;1-5H. The quantitative estimate of drug-likeness (QED) is 0.473. The van der Waals surface area contributed by atoms with Crippen molar-refractivity contribution in [1.29, 1.82) is 5.26 Å². The van der Waals surface area contributed by atoms with E-state index in [0.717, 1.165) is 42.5 Å². The maximum atomic E-state index is 10.5. The summed E-state index contributed by atoms with van der Waals surface area (Å²) in [5.74, 6) is 0.645. The number of hydrogen-bond acceptors (Lipinski definition) is 6. The Bertz CT molecular complexity index is 1080. The number of piperazine rings is 1. The molecule has 0 spiro atoms. The van der Waals surface area contributed by atoms with E-state index in [2.05, 4.69) is 15.9 Å². The Kier molecular flexibility index (Phi) is 10.7. The molecule has 3 aromatic carbocycles. The minimum Gasteiger partial charge on any atom is -0.491 e. The number of ether oxygens (including phenoxy) is 1. The van der Waals surface area contributed by atoms with Gasteiger partial charge in [0, 0.05) is 43.8 Å². The molecule has 1 aliphatic rings. The van der Waals surface area contributed by atoms with Gasteiger partial charge in [-0.2, -0.15) is 5.26 Å². The van der Waals surface area contributed by atoms with Crippen LogP contribution in [0.4, 0.5) is 5.69 Å². The SMILES string of the molecule is Clc1ccccc1.N#Cc1ccc(C(O)CN2CCN(c3ccc(OCCO)cc3Cl)CC2)cc1. The van der Waals surface area contributed by atoms with Crippen LogP contribution in [0.15, 0.2) is 72.8 Å². The van der Waals surface area contributed by atoms with E-state index in [-0.39, 0.29) is 13.2 Å². The number of anilines is 1. The van der Waals surface area contributed by atoms with Crippen molar-refractivity contribution < 1.29 is 14.9 Å². The third kappa shape index (κ3) is 8.43. The summed E-state index contributed by atoms with van der Waals surface area (Å²) in [5.41, 5.74) is 2.38. The van der Waals surface area contributed by atoms with E-state index in [1.807, 2.05) is 42.5 Å². The first-order chi connectivity index (χ1) is 17.0. The van der Waals surface area contributed by atoms with Gasteiger partial charge in [0.25, 0.3) is 0 Å². The lowest BCUT2D eigenvalue weighted by Crippen LogP contribution is -2.47. The number of rotatable bonds is 7. The van der Waals surface area contributed by atoms with Gasteiger partial charge in [0.05, 0.1) is 35.1 Å². The molecule has 0 saturated carbocycles. The molecule has 1 unspecified atom stereocenters. The molecule has 0 amide bonds. The van der Waals surface area contributed by atoms with Gasteiger partial charge in [-0.3, -0.25) is 4.90 Å². The zero-order valence-electron chi connectivity index (χ0n) is 19.4. The molecule has 8 heteroatoms. The third-order valence-electron chi connectivity index (χ3n) is 5.58. The van der Waals surface area contributed by atoms with Gasteiger partial charge in [-0.25, -0.2) is 0 Å². The molecule has 1 aliphatic heterocycles. The lowest BCUT2D eigenvalue weighted by Gasteiger charge is -2.37. The predicted octanol–water partition coefficient (Wildman–Crippen LogP) is 4.78. The fourth-order valence-electron chi connectivity index (χ4n) is 3.71. The van der Waals surface area contributed by atoms with E-state index in [1.165, 1.54) is 0 Å². The van der Waals surface area contributed by atoms with Crippen LogP contribution >= 0.6 is 23.2 Å². The average Bonchev–Trinajstić information content (AvgIpc) is 2.89. The van der Waals surface area contributed by atoms with Gasteiger partial charge in [-0.1, -0.05) is 53.5 Å². The maximum absolute atomic E-state index is 10.5. The zero-order valence-corrected chi connectivity index (χ0v) is 20.9. The molecule has 4 rings (SSSR count). The second-order valence-corrected chi connectivity index (χ2v) is 8.86. The molecule has 6 nitrogen and oxygen atoms in total. The monoisotopic (exact) mass is 513 g/mol. The maximum Gasteiger partial charge on any atom is 0.121 e. The van der Waals surface area contributed by atoms with Crippen LogP contribution in [0.1, 0.15) is 17.2 Å². The minimum absolute atomic E-state index is 0.0321. The molecule has 35 heavy (non-hydrogen) atoms. The van der Waals surface area contributed by atoms with Crippen LogP contribution in [-0.4, -0.2) is 61.1 Å². The van der Waals surface area contributed by atoms with Crippen molar-refractivity contribution in [3.8, 4) is 11.8 Å². The predicted molar refractivity (Wildman–Crippen MR) is 140 cm³/mol. The number of nitriles is 1. The van der Waals surface area contributed by atoms with E-state index in [0.29, 0.717) is 22.9 Å². The number of halogens is 2. The van der Waals surface area contributed by atoms with E-state index >= 15 is 0 Å². The molecule has 1 fully saturated rings. The number of aliphatic hydroxyl groups is 2. The van der Waals surface area contributed by atoms with E-state index in [9.17, 15) is 5.11 Å². The first-order valence-electron chi connectivity index (χ1n) is 11.4. The Labute approximate surface area is 216 Å². The molecule has 0 aliphatic carbocycles. The van der Waals surface area contributed by atoms with E-state index in [4.69, 9.17) is 38.3 Å². The van der Waals surface area contributed by atoms with Crippen molar-refractivity contribution in [1.82, 2.24) is 4.90 Å². The lowest BCUT2D eigenvalue weighted by atomic mass is 10.1. The first kappa shape index (κ1) is 26.8. The Hall–Kier alpha value is -2.79. The van der Waals surface area contributed by atoms with Crippen molar-refractivity contribution in [2.75, 3.05) is 50.8 Å². The molecule has 2 N–H and O–H groups in total. The number of benzene rings is 3. The van der Waals surface area contributed by atoms with Crippen LogP contribution in [0.25, 0.3) is 0 Å². The molecule has 1 heterocycles. The number of hydrogen-bond donors (Lipinski definition) is 2. The average molecular weight is 514 g/mol. The summed E-state index contributed by atoms with van der Waals surface area (Å²) in [5, 5.41) is 29.6. The molecule has 0 aromatic heterocycles. The Morgan fingerprint density at radius 3 is 2.17 bits per heavy atom. The van der Waals surface area contributed by atoms with Crippen LogP contribution in [0, 0.1) is 11.3 Å². The fraction of sp³-hybridized carbons (Fsp3) is 0.296. The summed E-state index contributed by atoms with van der Waals surface area (Å²) in [4.78, 5) is 4.45. The van der Waals surface area contributed by atoms with Gasteiger partial charge in [0.1, 0.15) is 12.4 Å². The smallest absolute Gasteiger partial charge is 0.121 e. The molecular weight excluding hydrogens is 485 g/mol. The molecule has 0 radical (unpaired) electrons. The highest BCUT2D eigenvalue weighted by molar-refractivity contribution is 6.33. The molecule has 1 saturated heterocycles. The van der Waals surface area contributed by atoms with Gasteiger partial charge in [-0.05, 0) is 42.0 Å². The van der Waals surface area contributed by atoms with Crippen molar-refractivity contribution in [2.45, 2.75) is 6.10 Å². The summed E-state index contributed by atoms with van der Waals surface area (Å²) in [6.45, 7) is 4.05. The van der Waals surface area contributed by atoms with Crippen LogP contribution in [0.5, 0.6) is 5.75 Å². The molecular formula is C27H29Cl2N3O3.